The number of nitrogens with zero attached hydrogens (tertiary/aromatic N) is 1. The Kier molecular flexibility index (Phi) is 3.96. The molecule has 14 heavy (non-hydrogen) atoms. The summed E-state index contributed by atoms with van der Waals surface area (Å²) in [5.41, 5.74) is 6.52. The third-order valence-electron chi connectivity index (χ3n) is 1.75. The van der Waals surface area contributed by atoms with Gasteiger partial charge in [-0.25, -0.2) is 4.99 Å². The fourth-order valence-electron chi connectivity index (χ4n) is 0.840. The molecule has 2 nitrogen and oxygen atoms in total. The van der Waals surface area contributed by atoms with Gasteiger partial charge in [-0.2, -0.15) is 0 Å². The van der Waals surface area contributed by atoms with Crippen LogP contribution in [0.15, 0.2) is 27.7 Å². The topological polar surface area (TPSA) is 38.4 Å². The molecule has 0 amide bonds. The molecule has 0 fully saturated rings. The van der Waals surface area contributed by atoms with Crippen LogP contribution in [0.25, 0.3) is 0 Å². The molecule has 2 N–H and O–H groups in total. The number of rotatable bonds is 2. The van der Waals surface area contributed by atoms with E-state index in [2.05, 4.69) is 20.9 Å². The highest BCUT2D eigenvalue weighted by atomic mass is 79.9. The highest BCUT2D eigenvalue weighted by Gasteiger charge is 2.03. The van der Waals surface area contributed by atoms with Crippen LogP contribution >= 0.6 is 27.5 Å². The number of halogens is 2. The minimum absolute atomic E-state index is 0.237. The van der Waals surface area contributed by atoms with Gasteiger partial charge in [-0.05, 0) is 34.1 Å². The van der Waals surface area contributed by atoms with E-state index in [1.165, 1.54) is 0 Å². The first-order valence-corrected chi connectivity index (χ1v) is 5.47. The molecule has 1 aromatic rings. The summed E-state index contributed by atoms with van der Waals surface area (Å²) >= 11 is 9.24. The van der Waals surface area contributed by atoms with Crippen molar-refractivity contribution in [3.8, 4) is 0 Å². The fourth-order valence-corrected chi connectivity index (χ4v) is 1.34. The van der Waals surface area contributed by atoms with E-state index in [1.54, 1.807) is 12.1 Å². The van der Waals surface area contributed by atoms with Crippen LogP contribution in [0.4, 0.5) is 5.69 Å². The predicted octanol–water partition coefficient (Wildman–Crippen LogP) is 3.75. The Morgan fingerprint density at radius 3 is 2.71 bits per heavy atom. The molecule has 0 bridgehead atoms. The number of amidine groups is 1. The number of benzene rings is 1. The third kappa shape index (κ3) is 3.00. The summed E-state index contributed by atoms with van der Waals surface area (Å²) in [5.74, 6) is 0.842. The summed E-state index contributed by atoms with van der Waals surface area (Å²) in [6.07, 6.45) is 0. The highest BCUT2D eigenvalue weighted by Crippen LogP contribution is 2.28. The zero-order valence-corrected chi connectivity index (χ0v) is 10.4. The maximum absolute atomic E-state index is 5.85. The molecule has 0 saturated heterocycles. The van der Waals surface area contributed by atoms with Gasteiger partial charge in [-0.1, -0.05) is 25.4 Å². The van der Waals surface area contributed by atoms with E-state index >= 15 is 0 Å². The van der Waals surface area contributed by atoms with Crippen molar-refractivity contribution in [2.24, 2.45) is 16.6 Å². The lowest BCUT2D eigenvalue weighted by Gasteiger charge is -2.05. The lowest BCUT2D eigenvalue weighted by molar-refractivity contribution is 0.873. The van der Waals surface area contributed by atoms with Gasteiger partial charge >= 0.3 is 0 Å². The van der Waals surface area contributed by atoms with Crippen LogP contribution in [-0.4, -0.2) is 5.84 Å². The van der Waals surface area contributed by atoms with Crippen LogP contribution in [0.1, 0.15) is 13.8 Å². The summed E-state index contributed by atoms with van der Waals surface area (Å²) in [6, 6.07) is 5.44. The van der Waals surface area contributed by atoms with Crippen LogP contribution in [0.2, 0.25) is 5.02 Å². The van der Waals surface area contributed by atoms with Crippen molar-refractivity contribution >= 4 is 39.1 Å². The Labute approximate surface area is 97.3 Å². The van der Waals surface area contributed by atoms with Crippen molar-refractivity contribution in [3.05, 3.63) is 27.7 Å². The molecule has 0 aliphatic rings. The molecule has 0 unspecified atom stereocenters. The van der Waals surface area contributed by atoms with Gasteiger partial charge in [0.25, 0.3) is 0 Å². The lowest BCUT2D eigenvalue weighted by Crippen LogP contribution is -2.18. The van der Waals surface area contributed by atoms with Gasteiger partial charge in [0.05, 0.1) is 5.69 Å². The average Bonchev–Trinajstić information content (AvgIpc) is 2.11. The van der Waals surface area contributed by atoms with Gasteiger partial charge in [0, 0.05) is 15.4 Å². The van der Waals surface area contributed by atoms with Gasteiger partial charge in [0.15, 0.2) is 0 Å². The Bertz CT molecular complexity index is 361. The van der Waals surface area contributed by atoms with Gasteiger partial charge in [-0.15, -0.1) is 0 Å². The van der Waals surface area contributed by atoms with E-state index in [0.29, 0.717) is 10.9 Å². The molecule has 76 valence electrons. The molecule has 0 aliphatic heterocycles. The second kappa shape index (κ2) is 4.80. The van der Waals surface area contributed by atoms with Crippen LogP contribution < -0.4 is 5.73 Å². The van der Waals surface area contributed by atoms with Crippen LogP contribution in [-0.2, 0) is 0 Å². The molecule has 0 radical (unpaired) electrons. The molecule has 0 heterocycles. The van der Waals surface area contributed by atoms with Crippen molar-refractivity contribution < 1.29 is 0 Å². The quantitative estimate of drug-likeness (QED) is 0.648. The molecule has 0 atom stereocenters. The zero-order chi connectivity index (χ0) is 10.7. The maximum atomic E-state index is 5.85. The maximum Gasteiger partial charge on any atom is 0.102 e. The molecule has 0 spiro atoms. The summed E-state index contributed by atoms with van der Waals surface area (Å²) in [5, 5.41) is 0.656. The first-order chi connectivity index (χ1) is 6.50. The van der Waals surface area contributed by atoms with Crippen molar-refractivity contribution in [3.63, 3.8) is 0 Å². The van der Waals surface area contributed by atoms with E-state index in [-0.39, 0.29) is 5.92 Å². The molecule has 0 aromatic heterocycles. The number of hydrogen-bond acceptors (Lipinski definition) is 1. The molecule has 0 saturated carbocycles. The normalized spacial score (nSPS) is 12.2. The van der Waals surface area contributed by atoms with Gasteiger partial charge < -0.3 is 5.73 Å². The Morgan fingerprint density at radius 1 is 1.50 bits per heavy atom. The third-order valence-corrected chi connectivity index (χ3v) is 2.65. The minimum Gasteiger partial charge on any atom is -0.387 e. The second-order valence-corrected chi connectivity index (χ2v) is 4.58. The molecular formula is C10H12BrClN2. The summed E-state index contributed by atoms with van der Waals surface area (Å²) in [7, 11) is 0. The molecule has 0 aliphatic carbocycles. The number of hydrogen-bond donors (Lipinski definition) is 1. The van der Waals surface area contributed by atoms with Gasteiger partial charge in [-0.3, -0.25) is 0 Å². The van der Waals surface area contributed by atoms with E-state index in [1.807, 2.05) is 19.9 Å². The molecule has 4 heteroatoms. The highest BCUT2D eigenvalue weighted by molar-refractivity contribution is 9.10. The average molecular weight is 276 g/mol. The zero-order valence-electron chi connectivity index (χ0n) is 8.09. The summed E-state index contributed by atoms with van der Waals surface area (Å²) in [4.78, 5) is 4.28. The Hall–Kier alpha value is -0.540. The van der Waals surface area contributed by atoms with Gasteiger partial charge in [0.2, 0.25) is 0 Å². The van der Waals surface area contributed by atoms with Crippen molar-refractivity contribution in [1.29, 1.82) is 0 Å². The van der Waals surface area contributed by atoms with Crippen LogP contribution in [0.3, 0.4) is 0 Å². The Morgan fingerprint density at radius 2 is 2.14 bits per heavy atom. The van der Waals surface area contributed by atoms with E-state index in [0.717, 1.165) is 10.2 Å². The Balaban J connectivity index is 3.07. The smallest absolute Gasteiger partial charge is 0.102 e. The summed E-state index contributed by atoms with van der Waals surface area (Å²) in [6.45, 7) is 3.99. The van der Waals surface area contributed by atoms with Crippen molar-refractivity contribution in [1.82, 2.24) is 0 Å². The predicted molar refractivity (Wildman–Crippen MR) is 65.3 cm³/mol. The monoisotopic (exact) mass is 274 g/mol. The van der Waals surface area contributed by atoms with Crippen molar-refractivity contribution in [2.75, 3.05) is 0 Å². The van der Waals surface area contributed by atoms with Crippen LogP contribution in [0.5, 0.6) is 0 Å². The first-order valence-electron chi connectivity index (χ1n) is 4.30. The summed E-state index contributed by atoms with van der Waals surface area (Å²) < 4.78 is 0.894. The van der Waals surface area contributed by atoms with Crippen LogP contribution in [0, 0.1) is 5.92 Å². The van der Waals surface area contributed by atoms with E-state index < -0.39 is 0 Å². The fraction of sp³-hybridized carbons (Fsp3) is 0.300. The number of nitrogens with two attached hydrogens (primary N) is 1. The SMILES string of the molecule is CC(C)C(N)=Nc1cc(Cl)ccc1Br. The molecule has 1 rings (SSSR count). The second-order valence-electron chi connectivity index (χ2n) is 3.29. The van der Waals surface area contributed by atoms with E-state index in [9.17, 15) is 0 Å². The van der Waals surface area contributed by atoms with E-state index in [4.69, 9.17) is 17.3 Å². The lowest BCUT2D eigenvalue weighted by atomic mass is 10.2. The molecule has 1 aromatic carbocycles. The number of aliphatic imine (C=N–C) groups is 1. The largest absolute Gasteiger partial charge is 0.387 e. The first kappa shape index (κ1) is 11.5. The van der Waals surface area contributed by atoms with Crippen molar-refractivity contribution in [2.45, 2.75) is 13.8 Å². The molecular weight excluding hydrogens is 263 g/mol. The standard InChI is InChI=1S/C10H12BrClN2/c1-6(2)10(13)14-9-5-7(12)3-4-8(9)11/h3-6H,1-2H3,(H2,13,14). The minimum atomic E-state index is 0.237. The van der Waals surface area contributed by atoms with Gasteiger partial charge in [0.1, 0.15) is 5.84 Å².